The van der Waals surface area contributed by atoms with Gasteiger partial charge in [0, 0.05) is 41.8 Å². The van der Waals surface area contributed by atoms with Crippen molar-refractivity contribution >= 4 is 10.8 Å². The van der Waals surface area contributed by atoms with Gasteiger partial charge in [-0.2, -0.15) is 5.10 Å². The third-order valence-electron chi connectivity index (χ3n) is 4.46. The Balaban J connectivity index is 1.82. The summed E-state index contributed by atoms with van der Waals surface area (Å²) in [5.41, 5.74) is 2.64. The van der Waals surface area contributed by atoms with Crippen molar-refractivity contribution in [3.8, 4) is 11.3 Å². The van der Waals surface area contributed by atoms with Gasteiger partial charge in [-0.15, -0.1) is 0 Å². The fraction of sp³-hybridized carbons (Fsp3) is 0.200. The van der Waals surface area contributed by atoms with E-state index in [1.165, 1.54) is 4.68 Å². The third kappa shape index (κ3) is 3.01. The molecule has 0 bridgehead atoms. The molecule has 3 heterocycles. The van der Waals surface area contributed by atoms with E-state index < -0.39 is 0 Å². The maximum Gasteiger partial charge on any atom is 0.274 e. The lowest BCUT2D eigenvalue weighted by atomic mass is 10.1. The zero-order valence-electron chi connectivity index (χ0n) is 14.5. The predicted molar refractivity (Wildman–Crippen MR) is 101 cm³/mol. The van der Waals surface area contributed by atoms with E-state index in [0.29, 0.717) is 18.5 Å². The minimum Gasteiger partial charge on any atom is -0.336 e. The molecule has 0 aliphatic carbocycles. The summed E-state index contributed by atoms with van der Waals surface area (Å²) >= 11 is 0. The Kier molecular flexibility index (Phi) is 4.31. The summed E-state index contributed by atoms with van der Waals surface area (Å²) in [6, 6.07) is 11.6. The molecule has 130 valence electrons. The Morgan fingerprint density at radius 1 is 1.04 bits per heavy atom. The number of imidazole rings is 1. The van der Waals surface area contributed by atoms with Crippen molar-refractivity contribution in [3.05, 3.63) is 77.4 Å². The monoisotopic (exact) mass is 345 g/mol. The molecule has 0 aliphatic heterocycles. The molecule has 4 aromatic rings. The Hall–Kier alpha value is -3.28. The Labute approximate surface area is 150 Å². The molecular formula is C20H19N5O. The molecule has 0 unspecified atom stereocenters. The van der Waals surface area contributed by atoms with Crippen molar-refractivity contribution in [2.24, 2.45) is 0 Å². The third-order valence-corrected chi connectivity index (χ3v) is 4.46. The molecule has 4 rings (SSSR count). The van der Waals surface area contributed by atoms with Crippen LogP contribution in [0.3, 0.4) is 0 Å². The van der Waals surface area contributed by atoms with Crippen LogP contribution < -0.4 is 5.56 Å². The van der Waals surface area contributed by atoms with Crippen molar-refractivity contribution in [3.63, 3.8) is 0 Å². The normalized spacial score (nSPS) is 11.1. The van der Waals surface area contributed by atoms with Crippen LogP contribution in [0.25, 0.3) is 22.0 Å². The summed E-state index contributed by atoms with van der Waals surface area (Å²) in [5, 5.41) is 6.17. The standard InChI is InChI=1S/C20H19N5O/c1-2-16-8-7-15(13-22-16)19-17-5-3-4-6-18(17)20(26)25(23-19)12-11-24-10-9-21-14-24/h3-10,13-14H,2,11-12H2,1H3. The van der Waals surface area contributed by atoms with Crippen molar-refractivity contribution in [1.82, 2.24) is 24.3 Å². The second kappa shape index (κ2) is 6.92. The highest BCUT2D eigenvalue weighted by atomic mass is 16.1. The van der Waals surface area contributed by atoms with Crippen LogP contribution in [0.1, 0.15) is 12.6 Å². The van der Waals surface area contributed by atoms with E-state index in [-0.39, 0.29) is 5.56 Å². The van der Waals surface area contributed by atoms with E-state index in [1.54, 1.807) is 12.5 Å². The smallest absolute Gasteiger partial charge is 0.274 e. The first-order valence-corrected chi connectivity index (χ1v) is 8.67. The van der Waals surface area contributed by atoms with Crippen LogP contribution in [0.15, 0.2) is 66.1 Å². The Morgan fingerprint density at radius 2 is 1.88 bits per heavy atom. The van der Waals surface area contributed by atoms with E-state index in [4.69, 9.17) is 0 Å². The van der Waals surface area contributed by atoms with Crippen LogP contribution in [0.5, 0.6) is 0 Å². The molecule has 26 heavy (non-hydrogen) atoms. The zero-order valence-corrected chi connectivity index (χ0v) is 14.5. The molecule has 0 N–H and O–H groups in total. The van der Waals surface area contributed by atoms with Gasteiger partial charge < -0.3 is 4.57 Å². The highest BCUT2D eigenvalue weighted by Gasteiger charge is 2.12. The minimum absolute atomic E-state index is 0.0809. The molecule has 0 amide bonds. The molecule has 3 aromatic heterocycles. The maximum atomic E-state index is 12.8. The molecule has 1 aromatic carbocycles. The lowest BCUT2D eigenvalue weighted by Gasteiger charge is -2.11. The van der Waals surface area contributed by atoms with E-state index >= 15 is 0 Å². The molecule has 0 saturated carbocycles. The number of hydrogen-bond donors (Lipinski definition) is 0. The second-order valence-electron chi connectivity index (χ2n) is 6.11. The molecule has 0 spiro atoms. The number of aryl methyl sites for hydroxylation is 3. The van der Waals surface area contributed by atoms with Crippen LogP contribution in [-0.4, -0.2) is 24.3 Å². The summed E-state index contributed by atoms with van der Waals surface area (Å²) in [6.07, 6.45) is 8.06. The summed E-state index contributed by atoms with van der Waals surface area (Å²) in [6.45, 7) is 3.19. The average molecular weight is 345 g/mol. The summed E-state index contributed by atoms with van der Waals surface area (Å²) in [5.74, 6) is 0. The highest BCUT2D eigenvalue weighted by Crippen LogP contribution is 2.24. The van der Waals surface area contributed by atoms with Gasteiger partial charge >= 0.3 is 0 Å². The van der Waals surface area contributed by atoms with Crippen molar-refractivity contribution < 1.29 is 0 Å². The van der Waals surface area contributed by atoms with Gasteiger partial charge in [0.05, 0.1) is 18.3 Å². The van der Waals surface area contributed by atoms with Gasteiger partial charge in [-0.3, -0.25) is 9.78 Å². The quantitative estimate of drug-likeness (QED) is 0.558. The van der Waals surface area contributed by atoms with E-state index in [0.717, 1.165) is 28.8 Å². The van der Waals surface area contributed by atoms with Crippen molar-refractivity contribution in [1.29, 1.82) is 0 Å². The summed E-state index contributed by atoms with van der Waals surface area (Å²) in [7, 11) is 0. The number of fused-ring (bicyclic) bond motifs is 1. The fourth-order valence-corrected chi connectivity index (χ4v) is 3.00. The lowest BCUT2D eigenvalue weighted by Crippen LogP contribution is -2.25. The fourth-order valence-electron chi connectivity index (χ4n) is 3.00. The van der Waals surface area contributed by atoms with Crippen LogP contribution in [0.2, 0.25) is 0 Å². The minimum atomic E-state index is -0.0809. The Bertz CT molecular complexity index is 1080. The number of pyridine rings is 1. The van der Waals surface area contributed by atoms with E-state index in [1.807, 2.05) is 53.4 Å². The van der Waals surface area contributed by atoms with Crippen molar-refractivity contribution in [2.75, 3.05) is 0 Å². The van der Waals surface area contributed by atoms with E-state index in [9.17, 15) is 4.79 Å². The summed E-state index contributed by atoms with van der Waals surface area (Å²) in [4.78, 5) is 21.3. The molecule has 0 fully saturated rings. The molecule has 0 atom stereocenters. The number of hydrogen-bond acceptors (Lipinski definition) is 4. The number of nitrogens with zero attached hydrogens (tertiary/aromatic N) is 5. The second-order valence-corrected chi connectivity index (χ2v) is 6.11. The SMILES string of the molecule is CCc1ccc(-c2nn(CCn3ccnc3)c(=O)c3ccccc23)cn1. The molecular weight excluding hydrogens is 326 g/mol. The number of rotatable bonds is 5. The molecule has 0 radical (unpaired) electrons. The van der Waals surface area contributed by atoms with Crippen LogP contribution in [-0.2, 0) is 19.5 Å². The summed E-state index contributed by atoms with van der Waals surface area (Å²) < 4.78 is 3.46. The van der Waals surface area contributed by atoms with Gasteiger partial charge in [-0.25, -0.2) is 9.67 Å². The largest absolute Gasteiger partial charge is 0.336 e. The van der Waals surface area contributed by atoms with Gasteiger partial charge in [0.2, 0.25) is 0 Å². The average Bonchev–Trinajstić information content (AvgIpc) is 3.21. The first-order chi connectivity index (χ1) is 12.8. The van der Waals surface area contributed by atoms with Gasteiger partial charge in [0.15, 0.2) is 0 Å². The van der Waals surface area contributed by atoms with E-state index in [2.05, 4.69) is 22.0 Å². The molecule has 0 aliphatic rings. The number of benzene rings is 1. The van der Waals surface area contributed by atoms with Gasteiger partial charge in [0.1, 0.15) is 5.69 Å². The molecule has 6 heteroatoms. The highest BCUT2D eigenvalue weighted by molar-refractivity contribution is 5.93. The molecule has 0 saturated heterocycles. The topological polar surface area (TPSA) is 65.6 Å². The molecule has 6 nitrogen and oxygen atoms in total. The zero-order chi connectivity index (χ0) is 17.9. The van der Waals surface area contributed by atoms with Crippen LogP contribution >= 0.6 is 0 Å². The van der Waals surface area contributed by atoms with Crippen LogP contribution in [0, 0.1) is 0 Å². The maximum absolute atomic E-state index is 12.8. The van der Waals surface area contributed by atoms with Gasteiger partial charge in [-0.05, 0) is 24.6 Å². The van der Waals surface area contributed by atoms with Crippen LogP contribution in [0.4, 0.5) is 0 Å². The van der Waals surface area contributed by atoms with Gasteiger partial charge in [-0.1, -0.05) is 25.1 Å². The first kappa shape index (κ1) is 16.2. The van der Waals surface area contributed by atoms with Gasteiger partial charge in [0.25, 0.3) is 5.56 Å². The first-order valence-electron chi connectivity index (χ1n) is 8.67. The lowest BCUT2D eigenvalue weighted by molar-refractivity contribution is 0.516. The number of aromatic nitrogens is 5. The van der Waals surface area contributed by atoms with Crippen molar-refractivity contribution in [2.45, 2.75) is 26.4 Å². The predicted octanol–water partition coefficient (Wildman–Crippen LogP) is 2.92. The Morgan fingerprint density at radius 3 is 2.58 bits per heavy atom.